The van der Waals surface area contributed by atoms with Gasteiger partial charge in [-0.3, -0.25) is 0 Å². The van der Waals surface area contributed by atoms with E-state index in [9.17, 15) is 4.39 Å². The quantitative estimate of drug-likeness (QED) is 0.763. The number of aromatic amines is 1. The van der Waals surface area contributed by atoms with Crippen molar-refractivity contribution in [3.63, 3.8) is 0 Å². The largest absolute Gasteiger partial charge is 0.333 e. The van der Waals surface area contributed by atoms with Crippen LogP contribution in [0, 0.1) is 12.7 Å². The van der Waals surface area contributed by atoms with Crippen molar-refractivity contribution in [2.24, 2.45) is 5.73 Å². The van der Waals surface area contributed by atoms with Gasteiger partial charge in [-0.1, -0.05) is 23.9 Å². The topological polar surface area (TPSA) is 54.7 Å². The second-order valence-electron chi connectivity index (χ2n) is 5.09. The molecule has 5 heteroatoms. The molecular weight excluding hydrogens is 285 g/mol. The maximum Gasteiger partial charge on any atom is 0.171 e. The number of H-pyrrole nitrogens is 1. The number of para-hydroxylation sites is 2. The first-order valence-electron chi connectivity index (χ1n) is 6.73. The molecule has 1 atom stereocenters. The van der Waals surface area contributed by atoms with Gasteiger partial charge in [0.05, 0.1) is 11.0 Å². The van der Waals surface area contributed by atoms with Gasteiger partial charge < -0.3 is 10.7 Å². The summed E-state index contributed by atoms with van der Waals surface area (Å²) in [5.41, 5.74) is 9.26. The molecule has 0 aliphatic carbocycles. The fraction of sp³-hybridized carbons (Fsp3) is 0.188. The third-order valence-electron chi connectivity index (χ3n) is 3.36. The first kappa shape index (κ1) is 14.1. The molecule has 0 saturated carbocycles. The Bertz CT molecular complexity index is 762. The molecule has 1 heterocycles. The smallest absolute Gasteiger partial charge is 0.171 e. The summed E-state index contributed by atoms with van der Waals surface area (Å²) in [6, 6.07) is 11.0. The molecular formula is C16H16FN3S. The van der Waals surface area contributed by atoms with Crippen LogP contribution in [0.3, 0.4) is 0 Å². The Balaban J connectivity index is 2.02. The minimum absolute atomic E-state index is 0.226. The van der Waals surface area contributed by atoms with Gasteiger partial charge in [0.25, 0.3) is 0 Å². The number of hydrogen-bond donors (Lipinski definition) is 2. The van der Waals surface area contributed by atoms with Gasteiger partial charge in [0, 0.05) is 10.9 Å². The number of benzene rings is 2. The van der Waals surface area contributed by atoms with Crippen molar-refractivity contribution in [2.45, 2.75) is 29.9 Å². The lowest BCUT2D eigenvalue weighted by atomic mass is 10.1. The molecule has 1 aromatic heterocycles. The Morgan fingerprint density at radius 3 is 2.76 bits per heavy atom. The van der Waals surface area contributed by atoms with Crippen LogP contribution in [0.2, 0.25) is 0 Å². The van der Waals surface area contributed by atoms with Crippen LogP contribution >= 0.6 is 11.8 Å². The fourth-order valence-electron chi connectivity index (χ4n) is 2.20. The zero-order valence-electron chi connectivity index (χ0n) is 11.9. The summed E-state index contributed by atoms with van der Waals surface area (Å²) < 4.78 is 13.7. The Morgan fingerprint density at radius 1 is 1.29 bits per heavy atom. The summed E-state index contributed by atoms with van der Waals surface area (Å²) in [4.78, 5) is 8.73. The van der Waals surface area contributed by atoms with Gasteiger partial charge in [0.1, 0.15) is 5.82 Å². The van der Waals surface area contributed by atoms with E-state index in [1.807, 2.05) is 37.3 Å². The molecule has 0 spiro atoms. The number of aryl methyl sites for hydroxylation is 1. The number of nitrogens with zero attached hydrogens (tertiary/aromatic N) is 1. The first-order valence-corrected chi connectivity index (χ1v) is 7.54. The number of rotatable bonds is 3. The van der Waals surface area contributed by atoms with Gasteiger partial charge in [-0.2, -0.15) is 0 Å². The van der Waals surface area contributed by atoms with Crippen LogP contribution in [-0.4, -0.2) is 9.97 Å². The molecule has 3 aromatic rings. The van der Waals surface area contributed by atoms with Crippen LogP contribution in [0.25, 0.3) is 11.0 Å². The number of imidazole rings is 1. The van der Waals surface area contributed by atoms with Crippen molar-refractivity contribution in [1.82, 2.24) is 9.97 Å². The summed E-state index contributed by atoms with van der Waals surface area (Å²) in [5, 5.41) is 0.782. The minimum atomic E-state index is -0.230. The lowest BCUT2D eigenvalue weighted by molar-refractivity contribution is 0.610. The normalized spacial score (nSPS) is 12.8. The van der Waals surface area contributed by atoms with Gasteiger partial charge in [-0.05, 0) is 49.2 Å². The van der Waals surface area contributed by atoms with Gasteiger partial charge >= 0.3 is 0 Å². The Kier molecular flexibility index (Phi) is 3.69. The van der Waals surface area contributed by atoms with Crippen molar-refractivity contribution in [1.29, 1.82) is 0 Å². The fourth-order valence-corrected chi connectivity index (χ4v) is 3.31. The molecule has 108 valence electrons. The van der Waals surface area contributed by atoms with Crippen molar-refractivity contribution >= 4 is 22.8 Å². The maximum absolute atomic E-state index is 13.7. The molecule has 0 saturated heterocycles. The number of hydrogen-bond acceptors (Lipinski definition) is 3. The highest BCUT2D eigenvalue weighted by Gasteiger charge is 2.14. The molecule has 0 aliphatic heterocycles. The highest BCUT2D eigenvalue weighted by Crippen LogP contribution is 2.33. The van der Waals surface area contributed by atoms with E-state index < -0.39 is 0 Å². The van der Waals surface area contributed by atoms with E-state index in [-0.39, 0.29) is 11.9 Å². The second-order valence-corrected chi connectivity index (χ2v) is 6.12. The van der Waals surface area contributed by atoms with Crippen LogP contribution in [0.5, 0.6) is 0 Å². The van der Waals surface area contributed by atoms with Crippen molar-refractivity contribution in [3.8, 4) is 0 Å². The van der Waals surface area contributed by atoms with Gasteiger partial charge in [-0.25, -0.2) is 9.37 Å². The molecule has 0 amide bonds. The van der Waals surface area contributed by atoms with Crippen LogP contribution in [0.1, 0.15) is 24.1 Å². The standard InChI is InChI=1S/C16H16FN3S/c1-9-7-15(11(10(2)18)8-12(9)17)21-16-19-13-5-3-4-6-14(13)20-16/h3-8,10H,18H2,1-2H3,(H,19,20)/t10-/m0/s1. The predicted molar refractivity (Wildman–Crippen MR) is 84.0 cm³/mol. The number of nitrogens with two attached hydrogens (primary N) is 1. The van der Waals surface area contributed by atoms with Gasteiger partial charge in [0.15, 0.2) is 5.16 Å². The lowest BCUT2D eigenvalue weighted by Gasteiger charge is -2.13. The van der Waals surface area contributed by atoms with Crippen LogP contribution < -0.4 is 5.73 Å². The maximum atomic E-state index is 13.7. The van der Waals surface area contributed by atoms with Gasteiger partial charge in [0.2, 0.25) is 0 Å². The van der Waals surface area contributed by atoms with E-state index >= 15 is 0 Å². The minimum Gasteiger partial charge on any atom is -0.333 e. The lowest BCUT2D eigenvalue weighted by Crippen LogP contribution is -2.07. The predicted octanol–water partition coefficient (Wildman–Crippen LogP) is 4.18. The summed E-state index contributed by atoms with van der Waals surface area (Å²) in [6.45, 7) is 3.61. The van der Waals surface area contributed by atoms with Crippen molar-refractivity contribution in [3.05, 3.63) is 53.3 Å². The molecule has 2 aromatic carbocycles. The van der Waals surface area contributed by atoms with E-state index in [0.717, 1.165) is 26.6 Å². The van der Waals surface area contributed by atoms with Crippen LogP contribution in [-0.2, 0) is 0 Å². The zero-order chi connectivity index (χ0) is 15.0. The summed E-state index contributed by atoms with van der Waals surface area (Å²) in [7, 11) is 0. The Labute approximate surface area is 126 Å². The third kappa shape index (κ3) is 2.80. The monoisotopic (exact) mass is 301 g/mol. The average Bonchev–Trinajstić information content (AvgIpc) is 2.84. The third-order valence-corrected chi connectivity index (χ3v) is 4.32. The molecule has 0 aliphatic rings. The first-order chi connectivity index (χ1) is 10.0. The molecule has 21 heavy (non-hydrogen) atoms. The van der Waals surface area contributed by atoms with Gasteiger partial charge in [-0.15, -0.1) is 0 Å². The number of nitrogens with one attached hydrogen (secondary N) is 1. The zero-order valence-corrected chi connectivity index (χ0v) is 12.7. The molecule has 3 rings (SSSR count). The van der Waals surface area contributed by atoms with E-state index in [0.29, 0.717) is 5.56 Å². The summed E-state index contributed by atoms with van der Waals surface area (Å²) in [5.74, 6) is -0.226. The molecule has 0 unspecified atom stereocenters. The average molecular weight is 301 g/mol. The molecule has 0 radical (unpaired) electrons. The van der Waals surface area contributed by atoms with Crippen LogP contribution in [0.15, 0.2) is 46.5 Å². The summed E-state index contributed by atoms with van der Waals surface area (Å²) in [6.07, 6.45) is 0. The van der Waals surface area contributed by atoms with E-state index in [1.54, 1.807) is 6.92 Å². The van der Waals surface area contributed by atoms with E-state index in [2.05, 4.69) is 9.97 Å². The summed E-state index contributed by atoms with van der Waals surface area (Å²) >= 11 is 1.48. The Morgan fingerprint density at radius 2 is 2.05 bits per heavy atom. The Hall–Kier alpha value is -1.85. The molecule has 3 nitrogen and oxygen atoms in total. The van der Waals surface area contributed by atoms with E-state index in [4.69, 9.17) is 5.73 Å². The van der Waals surface area contributed by atoms with Crippen LogP contribution in [0.4, 0.5) is 4.39 Å². The number of halogens is 1. The highest BCUT2D eigenvalue weighted by molar-refractivity contribution is 7.99. The molecule has 3 N–H and O–H groups in total. The number of fused-ring (bicyclic) bond motifs is 1. The highest BCUT2D eigenvalue weighted by atomic mass is 32.2. The molecule has 0 fully saturated rings. The second kappa shape index (κ2) is 5.50. The van der Waals surface area contributed by atoms with E-state index in [1.165, 1.54) is 17.8 Å². The SMILES string of the molecule is Cc1cc(Sc2nc3ccccc3[nH]2)c([C@H](C)N)cc1F. The number of aromatic nitrogens is 2. The molecule has 0 bridgehead atoms. The van der Waals surface area contributed by atoms with Crippen molar-refractivity contribution in [2.75, 3.05) is 0 Å². The van der Waals surface area contributed by atoms with Crippen molar-refractivity contribution < 1.29 is 4.39 Å².